The summed E-state index contributed by atoms with van der Waals surface area (Å²) in [5.41, 5.74) is -2.95. The van der Waals surface area contributed by atoms with Gasteiger partial charge in [0.05, 0.1) is 13.2 Å². The summed E-state index contributed by atoms with van der Waals surface area (Å²) in [5, 5.41) is -2.93. The van der Waals surface area contributed by atoms with Crippen molar-refractivity contribution >= 4 is 28.9 Å². The Morgan fingerprint density at radius 2 is 1.47 bits per heavy atom. The first-order valence-corrected chi connectivity index (χ1v) is 9.58. The lowest BCUT2D eigenvalue weighted by molar-refractivity contribution is 0.129. The monoisotopic (exact) mass is 306 g/mol. The first-order valence-electron chi connectivity index (χ1n) is 5.52. The molecule has 7 heteroatoms. The van der Waals surface area contributed by atoms with Crippen molar-refractivity contribution in [2.75, 3.05) is 13.2 Å². The van der Waals surface area contributed by atoms with E-state index in [1.165, 1.54) is 0 Å². The van der Waals surface area contributed by atoms with Crippen molar-refractivity contribution in [1.82, 2.24) is 0 Å². The maximum Gasteiger partial charge on any atom is 0.299 e. The molecule has 0 saturated carbocycles. The van der Waals surface area contributed by atoms with Gasteiger partial charge in [-0.1, -0.05) is 27.7 Å². The molecule has 0 aliphatic carbocycles. The zero-order chi connectivity index (χ0) is 13.7. The zero-order valence-corrected chi connectivity index (χ0v) is 13.4. The van der Waals surface area contributed by atoms with Crippen LogP contribution in [-0.4, -0.2) is 18.5 Å². The summed E-state index contributed by atoms with van der Waals surface area (Å²) >= 11 is 5.47. The molecule has 0 aliphatic rings. The SMILES string of the molecule is CC(C)COP(=S)(OCC(C)C)SC(C)(F)F. The fraction of sp³-hybridized carbons (Fsp3) is 1.00. The van der Waals surface area contributed by atoms with E-state index in [0.717, 1.165) is 6.92 Å². The van der Waals surface area contributed by atoms with Crippen LogP contribution in [0.2, 0.25) is 0 Å². The smallest absolute Gasteiger partial charge is 0.299 e. The van der Waals surface area contributed by atoms with Gasteiger partial charge in [0.15, 0.2) is 0 Å². The topological polar surface area (TPSA) is 18.5 Å². The van der Waals surface area contributed by atoms with Crippen LogP contribution in [0.25, 0.3) is 0 Å². The fourth-order valence-corrected chi connectivity index (χ4v) is 5.70. The van der Waals surface area contributed by atoms with Crippen LogP contribution in [-0.2, 0) is 20.9 Å². The molecular formula is C10H21F2O2PS2. The van der Waals surface area contributed by atoms with Gasteiger partial charge in [0.25, 0.3) is 10.9 Å². The van der Waals surface area contributed by atoms with Crippen molar-refractivity contribution in [2.24, 2.45) is 11.8 Å². The van der Waals surface area contributed by atoms with E-state index in [1.807, 2.05) is 27.7 Å². The van der Waals surface area contributed by atoms with E-state index in [0.29, 0.717) is 24.6 Å². The van der Waals surface area contributed by atoms with Gasteiger partial charge in [-0.3, -0.25) is 0 Å². The van der Waals surface area contributed by atoms with E-state index < -0.39 is 10.9 Å². The lowest BCUT2D eigenvalue weighted by atomic mass is 10.2. The molecule has 2 nitrogen and oxygen atoms in total. The van der Waals surface area contributed by atoms with Gasteiger partial charge in [0, 0.05) is 18.3 Å². The van der Waals surface area contributed by atoms with Crippen molar-refractivity contribution in [3.05, 3.63) is 0 Å². The van der Waals surface area contributed by atoms with Crippen LogP contribution < -0.4 is 0 Å². The fourth-order valence-electron chi connectivity index (χ4n) is 0.767. The van der Waals surface area contributed by atoms with Crippen molar-refractivity contribution in [3.8, 4) is 0 Å². The average molecular weight is 306 g/mol. The maximum atomic E-state index is 13.0. The van der Waals surface area contributed by atoms with Crippen molar-refractivity contribution in [3.63, 3.8) is 0 Å². The molecule has 0 heterocycles. The summed E-state index contributed by atoms with van der Waals surface area (Å²) in [5.74, 6) is 0.483. The van der Waals surface area contributed by atoms with E-state index in [9.17, 15) is 8.78 Å². The van der Waals surface area contributed by atoms with E-state index in [2.05, 4.69) is 0 Å². The molecule has 0 aromatic heterocycles. The number of halogens is 2. The minimum absolute atomic E-state index is 0.242. The number of rotatable bonds is 8. The molecule has 0 atom stereocenters. The van der Waals surface area contributed by atoms with E-state index in [4.69, 9.17) is 20.9 Å². The molecule has 0 spiro atoms. The molecule has 0 unspecified atom stereocenters. The lowest BCUT2D eigenvalue weighted by Crippen LogP contribution is -2.09. The first kappa shape index (κ1) is 17.8. The molecule has 0 radical (unpaired) electrons. The predicted octanol–water partition coefficient (Wildman–Crippen LogP) is 4.90. The van der Waals surface area contributed by atoms with E-state index in [1.54, 1.807) is 0 Å². The third-order valence-corrected chi connectivity index (χ3v) is 6.45. The molecule has 0 rings (SSSR count). The molecule has 0 amide bonds. The molecule has 104 valence electrons. The van der Waals surface area contributed by atoms with E-state index >= 15 is 0 Å². The van der Waals surface area contributed by atoms with Gasteiger partial charge in [-0.15, -0.1) is 0 Å². The summed E-state index contributed by atoms with van der Waals surface area (Å²) < 4.78 is 36.9. The van der Waals surface area contributed by atoms with Crippen LogP contribution in [0.15, 0.2) is 0 Å². The minimum Gasteiger partial charge on any atom is -0.321 e. The number of alkyl halides is 2. The largest absolute Gasteiger partial charge is 0.321 e. The van der Waals surface area contributed by atoms with Gasteiger partial charge in [0.2, 0.25) is 0 Å². The molecule has 0 N–H and O–H groups in total. The normalized spacial score (nSPS) is 13.7. The standard InChI is InChI=1S/C10H21F2O2PS2/c1-8(2)6-13-15(16,14-7-9(3)4)17-10(5,11)12/h8-9H,6-7H2,1-5H3. The van der Waals surface area contributed by atoms with Gasteiger partial charge in [0.1, 0.15) is 0 Å². The van der Waals surface area contributed by atoms with Crippen LogP contribution in [0.5, 0.6) is 0 Å². The Labute approximate surface area is 112 Å². The van der Waals surface area contributed by atoms with Crippen molar-refractivity contribution < 1.29 is 17.8 Å². The van der Waals surface area contributed by atoms with Crippen molar-refractivity contribution in [2.45, 2.75) is 39.9 Å². The molecule has 0 bridgehead atoms. The van der Waals surface area contributed by atoms with Gasteiger partial charge in [-0.05, 0) is 23.6 Å². The highest BCUT2D eigenvalue weighted by Gasteiger charge is 2.35. The second kappa shape index (κ2) is 7.39. The highest BCUT2D eigenvalue weighted by Crippen LogP contribution is 2.66. The maximum absolute atomic E-state index is 13.0. The Balaban J connectivity index is 4.51. The van der Waals surface area contributed by atoms with Crippen molar-refractivity contribution in [1.29, 1.82) is 0 Å². The molecule has 0 fully saturated rings. The van der Waals surface area contributed by atoms with Gasteiger partial charge in [-0.2, -0.15) is 8.78 Å². The molecule has 0 aromatic rings. The Morgan fingerprint density at radius 3 is 1.71 bits per heavy atom. The lowest BCUT2D eigenvalue weighted by Gasteiger charge is -2.25. The van der Waals surface area contributed by atoms with Gasteiger partial charge >= 0.3 is 0 Å². The molecule has 0 aromatic carbocycles. The quantitative estimate of drug-likeness (QED) is 0.593. The number of hydrogen-bond donors (Lipinski definition) is 0. The Bertz CT molecular complexity index is 252. The van der Waals surface area contributed by atoms with Crippen LogP contribution >= 0.6 is 17.1 Å². The summed E-state index contributed by atoms with van der Waals surface area (Å²) in [6.45, 7) is 9.27. The second-order valence-corrected chi connectivity index (χ2v) is 11.2. The Morgan fingerprint density at radius 1 is 1.12 bits per heavy atom. The third kappa shape index (κ3) is 10.4. The summed E-state index contributed by atoms with van der Waals surface area (Å²) in [4.78, 5) is 0. The summed E-state index contributed by atoms with van der Waals surface area (Å²) in [7, 11) is 0. The number of hydrogen-bond acceptors (Lipinski definition) is 4. The first-order chi connectivity index (χ1) is 7.54. The van der Waals surface area contributed by atoms with E-state index in [-0.39, 0.29) is 11.8 Å². The van der Waals surface area contributed by atoms with Crippen LogP contribution in [0, 0.1) is 11.8 Å². The molecule has 0 aliphatic heterocycles. The second-order valence-electron chi connectivity index (χ2n) is 4.73. The van der Waals surface area contributed by atoms with Gasteiger partial charge in [-0.25, -0.2) is 0 Å². The van der Waals surface area contributed by atoms with Crippen LogP contribution in [0.1, 0.15) is 34.6 Å². The summed E-state index contributed by atoms with van der Waals surface area (Å²) in [6, 6.07) is 0. The Kier molecular flexibility index (Phi) is 7.73. The predicted molar refractivity (Wildman–Crippen MR) is 74.1 cm³/mol. The molecular weight excluding hydrogens is 285 g/mol. The van der Waals surface area contributed by atoms with Crippen LogP contribution in [0.4, 0.5) is 8.78 Å². The Hall–Kier alpha value is 0.780. The third-order valence-electron chi connectivity index (χ3n) is 1.40. The summed E-state index contributed by atoms with van der Waals surface area (Å²) in [6.07, 6.45) is 0. The van der Waals surface area contributed by atoms with Gasteiger partial charge < -0.3 is 9.05 Å². The zero-order valence-electron chi connectivity index (χ0n) is 10.9. The highest BCUT2D eigenvalue weighted by molar-refractivity contribution is 8.68. The van der Waals surface area contributed by atoms with Crippen LogP contribution in [0.3, 0.4) is 0 Å². The highest BCUT2D eigenvalue weighted by atomic mass is 32.9. The minimum atomic E-state index is -2.95. The average Bonchev–Trinajstić information content (AvgIpc) is 2.09. The molecule has 0 saturated heterocycles. The molecule has 17 heavy (non-hydrogen) atoms.